The van der Waals surface area contributed by atoms with Crippen molar-refractivity contribution in [3.8, 4) is 5.69 Å². The van der Waals surface area contributed by atoms with E-state index < -0.39 is 0 Å². The zero-order valence-electron chi connectivity index (χ0n) is 15.0. The third-order valence-corrected chi connectivity index (χ3v) is 5.17. The fourth-order valence-corrected chi connectivity index (χ4v) is 3.76. The van der Waals surface area contributed by atoms with Gasteiger partial charge in [-0.3, -0.25) is 9.36 Å². The number of aryl methyl sites for hydroxylation is 1. The molecule has 134 valence electrons. The topological polar surface area (TPSA) is 56.0 Å². The molecule has 0 radical (unpaired) electrons. The van der Waals surface area contributed by atoms with E-state index in [1.807, 2.05) is 28.8 Å². The van der Waals surface area contributed by atoms with Crippen LogP contribution in [0, 0.1) is 0 Å². The van der Waals surface area contributed by atoms with Crippen molar-refractivity contribution in [3.63, 3.8) is 0 Å². The van der Waals surface area contributed by atoms with Crippen molar-refractivity contribution in [1.82, 2.24) is 24.2 Å². The molecule has 1 aliphatic rings. The molecule has 0 aliphatic carbocycles. The fourth-order valence-electron chi connectivity index (χ4n) is 3.76. The quantitative estimate of drug-likeness (QED) is 0.728. The lowest BCUT2D eigenvalue weighted by molar-refractivity contribution is 0.0674. The molecule has 1 saturated heterocycles. The van der Waals surface area contributed by atoms with Crippen LogP contribution < -0.4 is 0 Å². The number of hydrogen-bond donors (Lipinski definition) is 0. The molecule has 1 fully saturated rings. The van der Waals surface area contributed by atoms with Crippen LogP contribution in [0.2, 0.25) is 0 Å². The molecule has 3 aromatic rings. The first-order valence-electron chi connectivity index (χ1n) is 9.11. The van der Waals surface area contributed by atoms with E-state index in [9.17, 15) is 4.79 Å². The zero-order valence-corrected chi connectivity index (χ0v) is 15.0. The van der Waals surface area contributed by atoms with Gasteiger partial charge in [0.2, 0.25) is 0 Å². The van der Waals surface area contributed by atoms with Crippen LogP contribution in [0.5, 0.6) is 0 Å². The van der Waals surface area contributed by atoms with Crippen molar-refractivity contribution < 1.29 is 4.79 Å². The second-order valence-electron chi connectivity index (χ2n) is 6.82. The molecule has 1 aliphatic heterocycles. The maximum Gasteiger partial charge on any atom is 0.254 e. The molecule has 6 heteroatoms. The average Bonchev–Trinajstić information content (AvgIpc) is 3.29. The summed E-state index contributed by atoms with van der Waals surface area (Å²) in [6, 6.07) is 12.0. The van der Waals surface area contributed by atoms with E-state index in [0.29, 0.717) is 0 Å². The zero-order chi connectivity index (χ0) is 17.9. The standard InChI is InChI=1S/C20H23N5O/c1-23-12-5-7-18(23)19-6-3-2-4-13-25(19)20(26)16-8-10-17(11-9-16)24-14-21-22-15-24/h5,7-12,14-15,19H,2-4,6,13H2,1H3/t19-/m0/s1. The predicted molar refractivity (Wildman–Crippen MR) is 99.0 cm³/mol. The molecule has 1 aromatic carbocycles. The summed E-state index contributed by atoms with van der Waals surface area (Å²) >= 11 is 0. The number of carbonyl (C=O) groups is 1. The molecular weight excluding hydrogens is 326 g/mol. The van der Waals surface area contributed by atoms with Gasteiger partial charge in [-0.2, -0.15) is 0 Å². The summed E-state index contributed by atoms with van der Waals surface area (Å²) in [5.41, 5.74) is 2.88. The number of rotatable bonds is 3. The molecule has 0 saturated carbocycles. The smallest absolute Gasteiger partial charge is 0.254 e. The van der Waals surface area contributed by atoms with Crippen molar-refractivity contribution in [3.05, 3.63) is 66.5 Å². The van der Waals surface area contributed by atoms with E-state index in [4.69, 9.17) is 0 Å². The highest BCUT2D eigenvalue weighted by atomic mass is 16.2. The lowest BCUT2D eigenvalue weighted by atomic mass is 10.1. The van der Waals surface area contributed by atoms with Gasteiger partial charge in [0.05, 0.1) is 6.04 Å². The van der Waals surface area contributed by atoms with Crippen LogP contribution in [0.3, 0.4) is 0 Å². The number of likely N-dealkylation sites (tertiary alicyclic amines) is 1. The Morgan fingerprint density at radius 1 is 1.04 bits per heavy atom. The van der Waals surface area contributed by atoms with Gasteiger partial charge in [-0.15, -0.1) is 10.2 Å². The first-order chi connectivity index (χ1) is 12.7. The van der Waals surface area contributed by atoms with Crippen LogP contribution in [0.4, 0.5) is 0 Å². The lowest BCUT2D eigenvalue weighted by Gasteiger charge is -2.31. The molecule has 2 aromatic heterocycles. The van der Waals surface area contributed by atoms with Crippen molar-refractivity contribution in [2.45, 2.75) is 31.7 Å². The Balaban J connectivity index is 1.61. The Bertz CT molecular complexity index is 866. The van der Waals surface area contributed by atoms with E-state index in [1.54, 1.807) is 12.7 Å². The number of amides is 1. The average molecular weight is 349 g/mol. The summed E-state index contributed by atoms with van der Waals surface area (Å²) in [5.74, 6) is 0.105. The van der Waals surface area contributed by atoms with Gasteiger partial charge in [-0.1, -0.05) is 12.8 Å². The van der Waals surface area contributed by atoms with Gasteiger partial charge >= 0.3 is 0 Å². The van der Waals surface area contributed by atoms with Gasteiger partial charge in [0.25, 0.3) is 5.91 Å². The van der Waals surface area contributed by atoms with Crippen LogP contribution in [-0.2, 0) is 7.05 Å². The highest BCUT2D eigenvalue weighted by molar-refractivity contribution is 5.94. The van der Waals surface area contributed by atoms with Crippen molar-refractivity contribution in [1.29, 1.82) is 0 Å². The minimum Gasteiger partial charge on any atom is -0.353 e. The van der Waals surface area contributed by atoms with E-state index >= 15 is 0 Å². The molecule has 4 rings (SSSR count). The summed E-state index contributed by atoms with van der Waals surface area (Å²) in [6.45, 7) is 0.807. The van der Waals surface area contributed by atoms with Gasteiger partial charge in [0, 0.05) is 36.7 Å². The van der Waals surface area contributed by atoms with E-state index in [-0.39, 0.29) is 11.9 Å². The number of aromatic nitrogens is 4. The molecule has 0 unspecified atom stereocenters. The number of benzene rings is 1. The monoisotopic (exact) mass is 349 g/mol. The first-order valence-corrected chi connectivity index (χ1v) is 9.11. The van der Waals surface area contributed by atoms with Gasteiger partial charge in [0.15, 0.2) is 0 Å². The summed E-state index contributed by atoms with van der Waals surface area (Å²) in [5, 5.41) is 7.64. The maximum absolute atomic E-state index is 13.3. The Hall–Kier alpha value is -2.89. The molecule has 6 nitrogen and oxygen atoms in total. The van der Waals surface area contributed by atoms with Gasteiger partial charge < -0.3 is 9.47 Å². The highest BCUT2D eigenvalue weighted by Gasteiger charge is 2.28. The molecule has 0 spiro atoms. The SMILES string of the molecule is Cn1cccc1[C@@H]1CCCCCN1C(=O)c1ccc(-n2cnnc2)cc1. The molecule has 26 heavy (non-hydrogen) atoms. The lowest BCUT2D eigenvalue weighted by Crippen LogP contribution is -2.35. The maximum atomic E-state index is 13.3. The molecule has 3 heterocycles. The Kier molecular flexibility index (Phi) is 4.56. The largest absolute Gasteiger partial charge is 0.353 e. The fraction of sp³-hybridized carbons (Fsp3) is 0.350. The Morgan fingerprint density at radius 2 is 1.81 bits per heavy atom. The summed E-state index contributed by atoms with van der Waals surface area (Å²) in [7, 11) is 2.05. The van der Waals surface area contributed by atoms with E-state index in [0.717, 1.165) is 37.1 Å². The van der Waals surface area contributed by atoms with Crippen LogP contribution in [0.1, 0.15) is 47.8 Å². The summed E-state index contributed by atoms with van der Waals surface area (Å²) < 4.78 is 3.96. The van der Waals surface area contributed by atoms with Crippen molar-refractivity contribution in [2.24, 2.45) is 7.05 Å². The summed E-state index contributed by atoms with van der Waals surface area (Å²) in [4.78, 5) is 15.3. The third-order valence-electron chi connectivity index (χ3n) is 5.17. The number of carbonyl (C=O) groups excluding carboxylic acids is 1. The molecular formula is C20H23N5O. The molecule has 1 atom stereocenters. The summed E-state index contributed by atoms with van der Waals surface area (Å²) in [6.07, 6.45) is 9.77. The van der Waals surface area contributed by atoms with Crippen molar-refractivity contribution >= 4 is 5.91 Å². The minimum absolute atomic E-state index is 0.105. The predicted octanol–water partition coefficient (Wildman–Crippen LogP) is 3.36. The first kappa shape index (κ1) is 16.6. The number of nitrogens with zero attached hydrogens (tertiary/aromatic N) is 5. The van der Waals surface area contributed by atoms with Crippen LogP contribution >= 0.6 is 0 Å². The number of hydrogen-bond acceptors (Lipinski definition) is 3. The second-order valence-corrected chi connectivity index (χ2v) is 6.82. The second kappa shape index (κ2) is 7.15. The molecule has 0 N–H and O–H groups in total. The van der Waals surface area contributed by atoms with Gasteiger partial charge in [-0.05, 0) is 49.2 Å². The Morgan fingerprint density at radius 3 is 2.50 bits per heavy atom. The Labute approximate surface area is 153 Å². The van der Waals surface area contributed by atoms with Crippen LogP contribution in [0.15, 0.2) is 55.2 Å². The minimum atomic E-state index is 0.105. The molecule has 1 amide bonds. The van der Waals surface area contributed by atoms with Gasteiger partial charge in [0.1, 0.15) is 12.7 Å². The molecule has 0 bridgehead atoms. The van der Waals surface area contributed by atoms with Crippen LogP contribution in [-0.4, -0.2) is 36.7 Å². The third kappa shape index (κ3) is 3.14. The van der Waals surface area contributed by atoms with E-state index in [1.165, 1.54) is 12.1 Å². The van der Waals surface area contributed by atoms with Crippen LogP contribution in [0.25, 0.3) is 5.69 Å². The van der Waals surface area contributed by atoms with Gasteiger partial charge in [-0.25, -0.2) is 0 Å². The highest BCUT2D eigenvalue weighted by Crippen LogP contribution is 2.31. The van der Waals surface area contributed by atoms with E-state index in [2.05, 4.69) is 45.0 Å². The normalized spacial score (nSPS) is 17.9. The van der Waals surface area contributed by atoms with Crippen molar-refractivity contribution in [2.75, 3.05) is 6.54 Å².